The highest BCUT2D eigenvalue weighted by Crippen LogP contribution is 2.30. The second-order valence-corrected chi connectivity index (χ2v) is 10.1. The molecule has 0 amide bonds. The minimum absolute atomic E-state index is 0.0237. The number of likely N-dealkylation sites (N-methyl/N-ethyl adjacent to an activating group) is 1. The molecule has 198 valence electrons. The Kier molecular flexibility index (Phi) is 6.59. The fraction of sp³-hybridized carbons (Fsp3) is 0.393. The van der Waals surface area contributed by atoms with E-state index in [0.29, 0.717) is 22.8 Å². The third-order valence-corrected chi connectivity index (χ3v) is 7.85. The number of anilines is 1. The summed E-state index contributed by atoms with van der Waals surface area (Å²) < 4.78 is 21.0. The van der Waals surface area contributed by atoms with E-state index in [4.69, 9.17) is 4.74 Å². The molecule has 2 aromatic heterocycles. The lowest BCUT2D eigenvalue weighted by Gasteiger charge is -2.42. The van der Waals surface area contributed by atoms with E-state index in [1.807, 2.05) is 12.1 Å². The minimum atomic E-state index is -0.593. The van der Waals surface area contributed by atoms with Crippen LogP contribution >= 0.6 is 0 Å². The fourth-order valence-electron chi connectivity index (χ4n) is 5.62. The number of rotatable bonds is 5. The van der Waals surface area contributed by atoms with Crippen molar-refractivity contribution in [3.8, 4) is 22.7 Å². The minimum Gasteiger partial charge on any atom is -0.494 e. The van der Waals surface area contributed by atoms with Gasteiger partial charge in [-0.05, 0) is 44.2 Å². The highest BCUT2D eigenvalue weighted by molar-refractivity contribution is 5.89. The number of benzene rings is 2. The molecule has 6 rings (SSSR count). The predicted octanol–water partition coefficient (Wildman–Crippen LogP) is 3.14. The first-order valence-electron chi connectivity index (χ1n) is 13.1. The van der Waals surface area contributed by atoms with E-state index >= 15 is 0 Å². The van der Waals surface area contributed by atoms with Gasteiger partial charge in [-0.3, -0.25) is 14.8 Å². The van der Waals surface area contributed by atoms with E-state index < -0.39 is 11.4 Å². The maximum absolute atomic E-state index is 14.7. The number of piperazine rings is 1. The Morgan fingerprint density at radius 3 is 2.45 bits per heavy atom. The van der Waals surface area contributed by atoms with E-state index in [1.54, 1.807) is 6.07 Å². The summed E-state index contributed by atoms with van der Waals surface area (Å²) in [6.07, 6.45) is 2.35. The largest absolute Gasteiger partial charge is 0.494 e. The third kappa shape index (κ3) is 4.54. The quantitative estimate of drug-likeness (QED) is 0.436. The van der Waals surface area contributed by atoms with Crippen molar-refractivity contribution in [2.75, 3.05) is 58.3 Å². The van der Waals surface area contributed by atoms with Gasteiger partial charge in [-0.1, -0.05) is 18.2 Å². The summed E-state index contributed by atoms with van der Waals surface area (Å²) in [6, 6.07) is 14.7. The van der Waals surface area contributed by atoms with E-state index in [2.05, 4.69) is 49.2 Å². The normalized spacial score (nSPS) is 17.8. The third-order valence-electron chi connectivity index (χ3n) is 7.85. The molecular weight excluding hydrogens is 485 g/mol. The van der Waals surface area contributed by atoms with Crippen LogP contribution in [0.3, 0.4) is 0 Å². The maximum atomic E-state index is 14.7. The molecule has 2 aliphatic heterocycles. The Labute approximate surface area is 220 Å². The number of ether oxygens (including phenoxy) is 1. The molecule has 10 heteroatoms. The van der Waals surface area contributed by atoms with Gasteiger partial charge in [-0.2, -0.15) is 14.9 Å². The van der Waals surface area contributed by atoms with Gasteiger partial charge in [0.05, 0.1) is 12.6 Å². The van der Waals surface area contributed by atoms with Gasteiger partial charge in [0, 0.05) is 62.6 Å². The van der Waals surface area contributed by atoms with Crippen LogP contribution in [0.15, 0.2) is 53.3 Å². The summed E-state index contributed by atoms with van der Waals surface area (Å²) >= 11 is 0. The van der Waals surface area contributed by atoms with Gasteiger partial charge in [-0.15, -0.1) is 0 Å². The summed E-state index contributed by atoms with van der Waals surface area (Å²) in [4.78, 5) is 20.3. The van der Waals surface area contributed by atoms with Crippen LogP contribution in [0.5, 0.6) is 5.75 Å². The molecule has 4 heterocycles. The first kappa shape index (κ1) is 24.6. The highest BCUT2D eigenvalue weighted by atomic mass is 19.1. The van der Waals surface area contributed by atoms with Crippen LogP contribution < -0.4 is 15.2 Å². The summed E-state index contributed by atoms with van der Waals surface area (Å²) in [5.41, 5.74) is 3.12. The number of halogens is 1. The Morgan fingerprint density at radius 2 is 1.74 bits per heavy atom. The van der Waals surface area contributed by atoms with Crippen molar-refractivity contribution in [2.45, 2.75) is 18.9 Å². The molecule has 0 radical (unpaired) electrons. The second kappa shape index (κ2) is 10.2. The van der Waals surface area contributed by atoms with E-state index in [0.717, 1.165) is 36.4 Å². The summed E-state index contributed by atoms with van der Waals surface area (Å²) in [6.45, 7) is 6.73. The van der Waals surface area contributed by atoms with E-state index in [-0.39, 0.29) is 11.4 Å². The standard InChI is InChI=1S/C28H32FN7O2/c1-33-14-16-35(17-15-33)21-10-12-34(13-11-21)20-8-6-19(7-9-20)26-27-23(30-31-26)18-25(37)36(32-27)28-22(29)4-3-5-24(28)38-2/h3-9,18,21,30H,10-17H2,1-2H3. The summed E-state index contributed by atoms with van der Waals surface area (Å²) in [7, 11) is 3.63. The van der Waals surface area contributed by atoms with Gasteiger partial charge in [0.25, 0.3) is 5.56 Å². The number of hydrogen-bond donors (Lipinski definition) is 1. The molecule has 9 nitrogen and oxygen atoms in total. The number of nitrogens with zero attached hydrogens (tertiary/aromatic N) is 6. The van der Waals surface area contributed by atoms with Crippen molar-refractivity contribution in [1.29, 1.82) is 0 Å². The van der Waals surface area contributed by atoms with Gasteiger partial charge in [-0.25, -0.2) is 4.39 Å². The Morgan fingerprint density at radius 1 is 1.00 bits per heavy atom. The Bertz CT molecular complexity index is 1480. The lowest BCUT2D eigenvalue weighted by atomic mass is 10.0. The van der Waals surface area contributed by atoms with Gasteiger partial charge in [0.15, 0.2) is 5.82 Å². The molecule has 2 fully saturated rings. The molecule has 0 aliphatic carbocycles. The van der Waals surface area contributed by atoms with Crippen LogP contribution in [0.4, 0.5) is 10.1 Å². The van der Waals surface area contributed by atoms with Gasteiger partial charge < -0.3 is 14.5 Å². The molecule has 2 aliphatic rings. The van der Waals surface area contributed by atoms with Crippen LogP contribution in [0, 0.1) is 5.82 Å². The number of para-hydroxylation sites is 1. The first-order chi connectivity index (χ1) is 18.5. The molecule has 0 atom stereocenters. The predicted molar refractivity (Wildman–Crippen MR) is 146 cm³/mol. The molecule has 0 spiro atoms. The zero-order chi connectivity index (χ0) is 26.2. The topological polar surface area (TPSA) is 82.5 Å². The lowest BCUT2D eigenvalue weighted by Crippen LogP contribution is -2.52. The molecule has 1 N–H and O–H groups in total. The number of aromatic amines is 1. The number of H-pyrrole nitrogens is 1. The number of nitrogens with one attached hydrogen (secondary N) is 1. The number of aromatic nitrogens is 4. The molecular formula is C28H32FN7O2. The van der Waals surface area contributed by atoms with Crippen LogP contribution in [0.2, 0.25) is 0 Å². The molecule has 2 saturated heterocycles. The van der Waals surface area contributed by atoms with Gasteiger partial charge >= 0.3 is 0 Å². The van der Waals surface area contributed by atoms with Crippen molar-refractivity contribution in [3.05, 3.63) is 64.7 Å². The number of piperidine rings is 1. The zero-order valence-corrected chi connectivity index (χ0v) is 21.7. The highest BCUT2D eigenvalue weighted by Gasteiger charge is 2.27. The number of fused-ring (bicyclic) bond motifs is 1. The summed E-state index contributed by atoms with van der Waals surface area (Å²) in [5.74, 6) is -0.367. The van der Waals surface area contributed by atoms with Crippen molar-refractivity contribution in [2.24, 2.45) is 0 Å². The molecule has 2 aromatic carbocycles. The Balaban J connectivity index is 1.23. The van der Waals surface area contributed by atoms with Crippen LogP contribution in [-0.4, -0.2) is 89.2 Å². The fourth-order valence-corrected chi connectivity index (χ4v) is 5.62. The smallest absolute Gasteiger partial charge is 0.273 e. The van der Waals surface area contributed by atoms with Crippen molar-refractivity contribution >= 4 is 16.7 Å². The maximum Gasteiger partial charge on any atom is 0.273 e. The van der Waals surface area contributed by atoms with Crippen LogP contribution in [0.25, 0.3) is 28.0 Å². The van der Waals surface area contributed by atoms with Crippen molar-refractivity contribution in [3.63, 3.8) is 0 Å². The number of hydrogen-bond acceptors (Lipinski definition) is 7. The summed E-state index contributed by atoms with van der Waals surface area (Å²) in [5, 5.41) is 11.8. The first-order valence-corrected chi connectivity index (χ1v) is 13.1. The second-order valence-electron chi connectivity index (χ2n) is 10.1. The van der Waals surface area contributed by atoms with Crippen molar-refractivity contribution < 1.29 is 9.13 Å². The van der Waals surface area contributed by atoms with Crippen molar-refractivity contribution in [1.82, 2.24) is 29.8 Å². The van der Waals surface area contributed by atoms with Crippen LogP contribution in [0.1, 0.15) is 12.8 Å². The monoisotopic (exact) mass is 517 g/mol. The molecule has 0 bridgehead atoms. The molecule has 4 aromatic rings. The average Bonchev–Trinajstić information content (AvgIpc) is 3.35. The lowest BCUT2D eigenvalue weighted by molar-refractivity contribution is 0.0982. The number of methoxy groups -OCH3 is 1. The van der Waals surface area contributed by atoms with E-state index in [1.165, 1.54) is 56.9 Å². The van der Waals surface area contributed by atoms with Gasteiger partial charge in [0.2, 0.25) is 0 Å². The SMILES string of the molecule is COc1cccc(F)c1-n1nc2c(-c3ccc(N4CCC(N5CCN(C)CC5)CC4)cc3)n[nH]c2cc1=O. The van der Waals surface area contributed by atoms with Crippen LogP contribution in [-0.2, 0) is 0 Å². The van der Waals surface area contributed by atoms with E-state index in [9.17, 15) is 9.18 Å². The molecule has 0 unspecified atom stereocenters. The average molecular weight is 518 g/mol. The zero-order valence-electron chi connectivity index (χ0n) is 21.7. The molecule has 0 saturated carbocycles. The molecule has 38 heavy (non-hydrogen) atoms. The van der Waals surface area contributed by atoms with Gasteiger partial charge in [0.1, 0.15) is 22.6 Å². The Hall–Kier alpha value is -3.76.